The minimum absolute atomic E-state index is 0.000640. The van der Waals surface area contributed by atoms with E-state index in [4.69, 9.17) is 9.84 Å². The zero-order valence-corrected chi connectivity index (χ0v) is 34.0. The molecule has 0 spiro atoms. The number of alkyl halides is 2. The molecule has 6 heterocycles. The fraction of sp³-hybridized carbons (Fsp3) is 0.545. The van der Waals surface area contributed by atoms with Crippen molar-refractivity contribution in [2.45, 2.75) is 97.3 Å². The number of halogens is 2. The first-order chi connectivity index (χ1) is 27.3. The van der Waals surface area contributed by atoms with Gasteiger partial charge in [-0.25, -0.2) is 13.6 Å². The number of hydrogen-bond donors (Lipinski definition) is 0. The molecule has 2 saturated heterocycles. The van der Waals surface area contributed by atoms with Crippen molar-refractivity contribution in [3.05, 3.63) is 76.7 Å². The Kier molecular flexibility index (Phi) is 10.9. The average molecular weight is 783 g/mol. The molecular weight excluding hydrogens is 727 g/mol. The molecule has 0 bridgehead atoms. The number of fused-ring (bicyclic) bond motifs is 2. The molecule has 4 aromatic rings. The van der Waals surface area contributed by atoms with Gasteiger partial charge in [-0.05, 0) is 113 Å². The van der Waals surface area contributed by atoms with Crippen LogP contribution in [0, 0.1) is 5.92 Å². The molecule has 2 aromatic carbocycles. The van der Waals surface area contributed by atoms with Crippen LogP contribution in [0.2, 0.25) is 0 Å². The topological polar surface area (TPSA) is 92.0 Å². The minimum Gasteiger partial charge on any atom is -0.456 e. The second-order valence-electron chi connectivity index (χ2n) is 17.4. The number of aromatic nitrogens is 4. The monoisotopic (exact) mass is 782 g/mol. The quantitative estimate of drug-likeness (QED) is 0.168. The van der Waals surface area contributed by atoms with Crippen LogP contribution < -0.4 is 9.80 Å². The lowest BCUT2D eigenvalue weighted by Crippen LogP contribution is -2.42. The van der Waals surface area contributed by atoms with Crippen molar-refractivity contribution in [1.82, 2.24) is 29.4 Å². The summed E-state index contributed by atoms with van der Waals surface area (Å²) >= 11 is 0. The molecular formula is C44H56F2N8O3. The Labute approximate surface area is 334 Å². The van der Waals surface area contributed by atoms with Crippen molar-refractivity contribution in [2.75, 3.05) is 55.6 Å². The molecule has 0 atom stereocenters. The highest BCUT2D eigenvalue weighted by Crippen LogP contribution is 2.44. The number of carbonyl (C=O) groups is 2. The Morgan fingerprint density at radius 2 is 1.68 bits per heavy atom. The first kappa shape index (κ1) is 39.1. The van der Waals surface area contributed by atoms with Gasteiger partial charge in [0.15, 0.2) is 5.82 Å². The summed E-state index contributed by atoms with van der Waals surface area (Å²) in [6, 6.07) is 11.6. The maximum Gasteiger partial charge on any atom is 0.338 e. The van der Waals surface area contributed by atoms with Gasteiger partial charge in [0.1, 0.15) is 5.60 Å². The van der Waals surface area contributed by atoms with Crippen LogP contribution in [0.1, 0.15) is 105 Å². The van der Waals surface area contributed by atoms with Crippen molar-refractivity contribution in [3.8, 4) is 11.1 Å². The summed E-state index contributed by atoms with van der Waals surface area (Å²) in [5, 5.41) is 9.60. The van der Waals surface area contributed by atoms with E-state index in [2.05, 4.69) is 24.5 Å². The normalized spacial score (nSPS) is 18.6. The van der Waals surface area contributed by atoms with E-state index in [0.29, 0.717) is 42.2 Å². The minimum atomic E-state index is -2.64. The Balaban J connectivity index is 0.946. The maximum absolute atomic E-state index is 14.7. The van der Waals surface area contributed by atoms with Gasteiger partial charge in [0.2, 0.25) is 5.91 Å². The third-order valence-corrected chi connectivity index (χ3v) is 12.3. The molecule has 8 rings (SSSR count). The first-order valence-electron chi connectivity index (χ1n) is 20.7. The van der Waals surface area contributed by atoms with E-state index in [1.165, 1.54) is 5.69 Å². The fourth-order valence-corrected chi connectivity index (χ4v) is 9.31. The van der Waals surface area contributed by atoms with E-state index >= 15 is 0 Å². The number of carbonyl (C=O) groups excluding carboxylic acids is 2. The van der Waals surface area contributed by atoms with Crippen LogP contribution in [0.3, 0.4) is 0 Å². The Hall–Kier alpha value is -4.78. The molecule has 0 unspecified atom stereocenters. The van der Waals surface area contributed by atoms with Crippen LogP contribution in [0.15, 0.2) is 48.8 Å². The van der Waals surface area contributed by atoms with Gasteiger partial charge >= 0.3 is 5.97 Å². The molecule has 2 aromatic heterocycles. The number of hydrogen-bond acceptors (Lipinski definition) is 8. The van der Waals surface area contributed by atoms with Crippen molar-refractivity contribution in [3.63, 3.8) is 0 Å². The first-order valence-corrected chi connectivity index (χ1v) is 20.7. The Morgan fingerprint density at radius 3 is 2.33 bits per heavy atom. The Morgan fingerprint density at radius 1 is 0.947 bits per heavy atom. The number of anilines is 3. The van der Waals surface area contributed by atoms with Gasteiger partial charge in [0.25, 0.3) is 6.43 Å². The van der Waals surface area contributed by atoms with E-state index < -0.39 is 12.0 Å². The summed E-state index contributed by atoms with van der Waals surface area (Å²) in [4.78, 5) is 34.2. The van der Waals surface area contributed by atoms with Gasteiger partial charge in [0, 0.05) is 106 Å². The number of ether oxygens (including phenoxy) is 1. The van der Waals surface area contributed by atoms with Gasteiger partial charge in [-0.15, -0.1) is 0 Å². The summed E-state index contributed by atoms with van der Waals surface area (Å²) in [5.74, 6) is 1.18. The van der Waals surface area contributed by atoms with Crippen molar-refractivity contribution >= 4 is 29.1 Å². The second-order valence-corrected chi connectivity index (χ2v) is 17.4. The van der Waals surface area contributed by atoms with Crippen LogP contribution in [0.25, 0.3) is 11.1 Å². The Bertz CT molecular complexity index is 2090. The van der Waals surface area contributed by atoms with E-state index in [9.17, 15) is 18.4 Å². The zero-order valence-electron chi connectivity index (χ0n) is 34.0. The standard InChI is InChI=1S/C44H56F2N8O3/c1-29(55)52-22-16-39-38(28-52)42(53-17-6-7-32-23-36(33-25-47-49(5)27-33)37(41(45)46)24-40(32)53)48-54(39)35-14-18-50(19-15-35)26-30-12-20-51(21-13-30)34-10-8-31(9-11-34)43(56)57-44(2,3)4/h8-11,23-25,27,30,35,41H,6-7,12-22,26,28H2,1-5H3. The fourth-order valence-electron chi connectivity index (χ4n) is 9.31. The molecule has 0 N–H and O–H groups in total. The lowest BCUT2D eigenvalue weighted by Gasteiger charge is -2.38. The van der Waals surface area contributed by atoms with Crippen molar-refractivity contribution in [2.24, 2.45) is 13.0 Å². The number of nitrogens with zero attached hydrogens (tertiary/aromatic N) is 8. The third-order valence-electron chi connectivity index (χ3n) is 12.3. The number of rotatable bonds is 8. The predicted octanol–water partition coefficient (Wildman–Crippen LogP) is 7.72. The van der Waals surface area contributed by atoms with Gasteiger partial charge in [-0.1, -0.05) is 0 Å². The van der Waals surface area contributed by atoms with Gasteiger partial charge in [-0.3, -0.25) is 14.2 Å². The largest absolute Gasteiger partial charge is 0.456 e. The molecule has 11 nitrogen and oxygen atoms in total. The lowest BCUT2D eigenvalue weighted by atomic mass is 9.92. The lowest BCUT2D eigenvalue weighted by molar-refractivity contribution is -0.129. The third kappa shape index (κ3) is 8.31. The molecule has 13 heteroatoms. The molecule has 2 fully saturated rings. The number of amides is 1. The molecule has 0 saturated carbocycles. The molecule has 0 aliphatic carbocycles. The van der Waals surface area contributed by atoms with Crippen LogP contribution in [-0.4, -0.2) is 92.7 Å². The van der Waals surface area contributed by atoms with Crippen molar-refractivity contribution in [1.29, 1.82) is 0 Å². The number of aryl methyl sites for hydroxylation is 2. The van der Waals surface area contributed by atoms with Crippen LogP contribution in [-0.2, 0) is 36.0 Å². The number of esters is 1. The SMILES string of the molecule is CC(=O)N1CCc2c(c(N3CCCc4cc(-c5cnn(C)c5)c(C(F)F)cc43)nn2C2CCN(CC3CCN(c4ccc(C(=O)OC(C)(C)C)cc4)CC3)CC2)C1. The second kappa shape index (κ2) is 15.9. The van der Waals surface area contributed by atoms with E-state index in [0.717, 1.165) is 106 Å². The highest BCUT2D eigenvalue weighted by molar-refractivity contribution is 5.90. The molecule has 4 aliphatic heterocycles. The smallest absolute Gasteiger partial charge is 0.338 e. The maximum atomic E-state index is 14.7. The molecule has 1 amide bonds. The summed E-state index contributed by atoms with van der Waals surface area (Å²) in [5.41, 5.74) is 6.46. The van der Waals surface area contributed by atoms with Gasteiger partial charge in [0.05, 0.1) is 24.3 Å². The predicted molar refractivity (Wildman–Crippen MR) is 217 cm³/mol. The molecule has 57 heavy (non-hydrogen) atoms. The molecule has 0 radical (unpaired) electrons. The van der Waals surface area contributed by atoms with Crippen LogP contribution >= 0.6 is 0 Å². The molecule has 304 valence electrons. The van der Waals surface area contributed by atoms with E-state index in [1.807, 2.05) is 56.0 Å². The number of likely N-dealkylation sites (tertiary alicyclic amines) is 1. The van der Waals surface area contributed by atoms with Crippen LogP contribution in [0.4, 0.5) is 26.0 Å². The zero-order chi connectivity index (χ0) is 40.0. The van der Waals surface area contributed by atoms with Gasteiger partial charge < -0.3 is 24.3 Å². The highest BCUT2D eigenvalue weighted by Gasteiger charge is 2.35. The van der Waals surface area contributed by atoms with E-state index in [-0.39, 0.29) is 23.5 Å². The summed E-state index contributed by atoms with van der Waals surface area (Å²) in [7, 11) is 1.79. The van der Waals surface area contributed by atoms with Crippen molar-refractivity contribution < 1.29 is 23.1 Å². The summed E-state index contributed by atoms with van der Waals surface area (Å²) in [6.45, 7) is 14.2. The number of piperidine rings is 2. The van der Waals surface area contributed by atoms with E-state index in [1.54, 1.807) is 37.1 Å². The van der Waals surface area contributed by atoms with Gasteiger partial charge in [-0.2, -0.15) is 10.2 Å². The number of benzene rings is 2. The summed E-state index contributed by atoms with van der Waals surface area (Å²) < 4.78 is 38.8. The molecule has 4 aliphatic rings. The summed E-state index contributed by atoms with van der Waals surface area (Å²) in [6.07, 6.45) is 7.44. The van der Waals surface area contributed by atoms with Crippen LogP contribution in [0.5, 0.6) is 0 Å². The highest BCUT2D eigenvalue weighted by atomic mass is 19.3. The average Bonchev–Trinajstić information content (AvgIpc) is 3.80.